The Morgan fingerprint density at radius 1 is 0.933 bits per heavy atom. The van der Waals surface area contributed by atoms with Crippen LogP contribution >= 0.6 is 0 Å². The Labute approximate surface area is 91.5 Å². The lowest BCUT2D eigenvalue weighted by atomic mass is 10.1. The van der Waals surface area contributed by atoms with Crippen LogP contribution in [0.25, 0.3) is 0 Å². The number of benzene rings is 1. The highest BCUT2D eigenvalue weighted by atomic mass is 14.8. The van der Waals surface area contributed by atoms with E-state index in [0.717, 1.165) is 0 Å². The Bertz CT molecular complexity index is 337. The number of para-hydroxylation sites is 1. The average Bonchev–Trinajstić information content (AvgIpc) is 2.56. The first-order valence-electron chi connectivity index (χ1n) is 5.59. The van der Waals surface area contributed by atoms with Crippen LogP contribution in [0, 0.1) is 0 Å². The molecule has 2 rings (SSSR count). The smallest absolute Gasteiger partial charge is 0.0379 e. The zero-order valence-electron chi connectivity index (χ0n) is 8.95. The maximum absolute atomic E-state index is 3.35. The summed E-state index contributed by atoms with van der Waals surface area (Å²) in [6.45, 7) is 0. The van der Waals surface area contributed by atoms with E-state index in [1.54, 1.807) is 0 Å². The molecule has 1 aromatic carbocycles. The van der Waals surface area contributed by atoms with Gasteiger partial charge in [-0.15, -0.1) is 0 Å². The van der Waals surface area contributed by atoms with Crippen molar-refractivity contribution in [2.75, 3.05) is 5.32 Å². The molecule has 0 atom stereocenters. The van der Waals surface area contributed by atoms with Gasteiger partial charge in [0, 0.05) is 11.9 Å². The molecule has 1 aromatic rings. The van der Waals surface area contributed by atoms with Crippen molar-refractivity contribution in [1.82, 2.24) is 0 Å². The maximum Gasteiger partial charge on any atom is 0.0379 e. The minimum Gasteiger partial charge on any atom is -0.362 e. The van der Waals surface area contributed by atoms with Crippen LogP contribution in [0.4, 0.5) is 5.69 Å². The largest absolute Gasteiger partial charge is 0.362 e. The van der Waals surface area contributed by atoms with Crippen molar-refractivity contribution in [2.45, 2.75) is 25.7 Å². The molecule has 1 aliphatic carbocycles. The minimum absolute atomic E-state index is 1.17. The molecule has 1 heteroatoms. The van der Waals surface area contributed by atoms with Crippen molar-refractivity contribution in [3.05, 3.63) is 54.3 Å². The zero-order chi connectivity index (χ0) is 10.3. The third-order valence-electron chi connectivity index (χ3n) is 2.65. The number of hydrogen-bond acceptors (Lipinski definition) is 1. The van der Waals surface area contributed by atoms with Gasteiger partial charge >= 0.3 is 0 Å². The first kappa shape index (κ1) is 10.0. The Hall–Kier alpha value is -1.50. The summed E-state index contributed by atoms with van der Waals surface area (Å²) < 4.78 is 0. The highest BCUT2D eigenvalue weighted by Crippen LogP contribution is 2.17. The highest BCUT2D eigenvalue weighted by molar-refractivity contribution is 5.45. The van der Waals surface area contributed by atoms with Crippen LogP contribution in [-0.4, -0.2) is 0 Å². The van der Waals surface area contributed by atoms with Crippen LogP contribution in [0.1, 0.15) is 25.7 Å². The number of nitrogens with one attached hydrogen (secondary N) is 1. The van der Waals surface area contributed by atoms with Crippen molar-refractivity contribution in [2.24, 2.45) is 0 Å². The van der Waals surface area contributed by atoms with Gasteiger partial charge in [-0.2, -0.15) is 0 Å². The fraction of sp³-hybridized carbons (Fsp3) is 0.286. The lowest BCUT2D eigenvalue weighted by Crippen LogP contribution is -1.91. The van der Waals surface area contributed by atoms with Crippen LogP contribution in [-0.2, 0) is 0 Å². The van der Waals surface area contributed by atoms with Crippen LogP contribution < -0.4 is 5.32 Å². The minimum atomic E-state index is 1.17. The molecule has 1 aliphatic rings. The fourth-order valence-corrected chi connectivity index (χ4v) is 1.76. The number of anilines is 1. The molecule has 1 N–H and O–H groups in total. The standard InChI is InChI=1S/C14H17N/c1-2-5-9-13(8-4-1)12-15-14-10-6-3-7-11-14/h1-3,6-7,10-12,15H,4-5,8-9H2. The van der Waals surface area contributed by atoms with E-state index in [1.807, 2.05) is 6.07 Å². The molecule has 0 amide bonds. The maximum atomic E-state index is 3.35. The van der Waals surface area contributed by atoms with Gasteiger partial charge in [-0.1, -0.05) is 35.9 Å². The Kier molecular flexibility index (Phi) is 3.61. The molecule has 0 heterocycles. The van der Waals surface area contributed by atoms with E-state index in [0.29, 0.717) is 0 Å². The highest BCUT2D eigenvalue weighted by Gasteiger charge is 1.99. The number of allylic oxidation sites excluding steroid dienone is 3. The van der Waals surface area contributed by atoms with Crippen molar-refractivity contribution in [3.8, 4) is 0 Å². The Morgan fingerprint density at radius 3 is 2.27 bits per heavy atom. The Morgan fingerprint density at radius 2 is 1.60 bits per heavy atom. The monoisotopic (exact) mass is 199 g/mol. The van der Waals surface area contributed by atoms with E-state index in [9.17, 15) is 0 Å². The number of rotatable bonds is 2. The normalized spacial score (nSPS) is 15.9. The molecule has 0 spiro atoms. The molecule has 0 saturated carbocycles. The summed E-state index contributed by atoms with van der Waals surface area (Å²) in [6.07, 6.45) is 11.5. The quantitative estimate of drug-likeness (QED) is 0.707. The van der Waals surface area contributed by atoms with E-state index in [-0.39, 0.29) is 0 Å². The van der Waals surface area contributed by atoms with Gasteiger partial charge in [-0.05, 0) is 37.8 Å². The lowest BCUT2D eigenvalue weighted by molar-refractivity contribution is 0.896. The third-order valence-corrected chi connectivity index (χ3v) is 2.65. The van der Waals surface area contributed by atoms with Crippen LogP contribution in [0.15, 0.2) is 54.3 Å². The summed E-state index contributed by atoms with van der Waals surface area (Å²) in [5.74, 6) is 0. The van der Waals surface area contributed by atoms with Crippen LogP contribution in [0.5, 0.6) is 0 Å². The zero-order valence-corrected chi connectivity index (χ0v) is 8.95. The van der Waals surface area contributed by atoms with Gasteiger partial charge in [0.15, 0.2) is 0 Å². The summed E-state index contributed by atoms with van der Waals surface area (Å²) in [6, 6.07) is 10.3. The van der Waals surface area contributed by atoms with Gasteiger partial charge in [0.2, 0.25) is 0 Å². The molecule has 0 aromatic heterocycles. The van der Waals surface area contributed by atoms with Gasteiger partial charge in [0.1, 0.15) is 0 Å². The topological polar surface area (TPSA) is 12.0 Å². The fourth-order valence-electron chi connectivity index (χ4n) is 1.76. The number of hydrogen-bond donors (Lipinski definition) is 1. The van der Waals surface area contributed by atoms with E-state index in [1.165, 1.54) is 36.9 Å². The second kappa shape index (κ2) is 5.40. The molecule has 0 bridgehead atoms. The molecule has 0 radical (unpaired) electrons. The van der Waals surface area contributed by atoms with Crippen molar-refractivity contribution < 1.29 is 0 Å². The van der Waals surface area contributed by atoms with E-state index < -0.39 is 0 Å². The molecule has 0 fully saturated rings. The van der Waals surface area contributed by atoms with E-state index >= 15 is 0 Å². The summed E-state index contributed by atoms with van der Waals surface area (Å²) >= 11 is 0. The molecular formula is C14H17N. The summed E-state index contributed by atoms with van der Waals surface area (Å²) in [5, 5.41) is 3.35. The molecule has 78 valence electrons. The summed E-state index contributed by atoms with van der Waals surface area (Å²) in [5.41, 5.74) is 2.69. The molecule has 0 saturated heterocycles. The van der Waals surface area contributed by atoms with Crippen LogP contribution in [0.3, 0.4) is 0 Å². The van der Waals surface area contributed by atoms with Gasteiger partial charge < -0.3 is 5.32 Å². The first-order valence-corrected chi connectivity index (χ1v) is 5.59. The van der Waals surface area contributed by atoms with Crippen molar-refractivity contribution >= 4 is 5.69 Å². The first-order chi connectivity index (χ1) is 7.45. The SMILES string of the molecule is C1=CCCC(=CNc2ccccc2)CC1. The van der Waals surface area contributed by atoms with E-state index in [4.69, 9.17) is 0 Å². The van der Waals surface area contributed by atoms with Crippen molar-refractivity contribution in [3.63, 3.8) is 0 Å². The lowest BCUT2D eigenvalue weighted by Gasteiger charge is -2.05. The van der Waals surface area contributed by atoms with Gasteiger partial charge in [-0.3, -0.25) is 0 Å². The molecule has 0 unspecified atom stereocenters. The predicted molar refractivity (Wildman–Crippen MR) is 65.8 cm³/mol. The second-order valence-corrected chi connectivity index (χ2v) is 3.86. The van der Waals surface area contributed by atoms with Crippen LogP contribution in [0.2, 0.25) is 0 Å². The molecule has 15 heavy (non-hydrogen) atoms. The molecular weight excluding hydrogens is 182 g/mol. The van der Waals surface area contributed by atoms with Crippen molar-refractivity contribution in [1.29, 1.82) is 0 Å². The van der Waals surface area contributed by atoms with Gasteiger partial charge in [0.05, 0.1) is 0 Å². The van der Waals surface area contributed by atoms with Gasteiger partial charge in [0.25, 0.3) is 0 Å². The van der Waals surface area contributed by atoms with E-state index in [2.05, 4.69) is 47.9 Å². The molecule has 0 aliphatic heterocycles. The average molecular weight is 199 g/mol. The summed E-state index contributed by atoms with van der Waals surface area (Å²) in [7, 11) is 0. The Balaban J connectivity index is 1.93. The van der Waals surface area contributed by atoms with Gasteiger partial charge in [-0.25, -0.2) is 0 Å². The third kappa shape index (κ3) is 3.28. The predicted octanol–water partition coefficient (Wildman–Crippen LogP) is 4.11. The summed E-state index contributed by atoms with van der Waals surface area (Å²) in [4.78, 5) is 0. The second-order valence-electron chi connectivity index (χ2n) is 3.86. The molecule has 1 nitrogen and oxygen atoms in total.